The molecule has 0 aromatic heterocycles. The summed E-state index contributed by atoms with van der Waals surface area (Å²) in [7, 11) is -8.04. The Morgan fingerprint density at radius 1 is 0.270 bits per heavy atom. The third-order valence-corrected chi connectivity index (χ3v) is 8.37. The number of hydrogen-bond donors (Lipinski definition) is 0. The Kier molecular flexibility index (Phi) is 38.5. The molecular formula is C27H54K2O6S2. The fourth-order valence-electron chi connectivity index (χ4n) is 4.62. The van der Waals surface area contributed by atoms with Crippen LogP contribution in [0.15, 0.2) is 0 Å². The van der Waals surface area contributed by atoms with Gasteiger partial charge in [0, 0.05) is 11.5 Å². The Balaban J connectivity index is -0.00000578. The van der Waals surface area contributed by atoms with E-state index in [0.29, 0.717) is 12.8 Å². The Morgan fingerprint density at radius 2 is 0.378 bits per heavy atom. The van der Waals surface area contributed by atoms with Crippen molar-refractivity contribution < 1.29 is 129 Å². The van der Waals surface area contributed by atoms with Crippen molar-refractivity contribution in [3.8, 4) is 0 Å². The van der Waals surface area contributed by atoms with Crippen LogP contribution in [0.2, 0.25) is 0 Å². The Bertz CT molecular complexity index is 602. The van der Waals surface area contributed by atoms with Gasteiger partial charge in [-0.2, -0.15) is 0 Å². The van der Waals surface area contributed by atoms with Crippen LogP contribution in [0.4, 0.5) is 0 Å². The normalized spacial score (nSPS) is 11.7. The monoisotopic (exact) mass is 616 g/mol. The van der Waals surface area contributed by atoms with Gasteiger partial charge >= 0.3 is 103 Å². The van der Waals surface area contributed by atoms with Gasteiger partial charge in [-0.1, -0.05) is 148 Å². The molecule has 0 fully saturated rings. The summed E-state index contributed by atoms with van der Waals surface area (Å²) >= 11 is 0. The molecule has 0 atom stereocenters. The van der Waals surface area contributed by atoms with E-state index in [9.17, 15) is 25.9 Å². The Morgan fingerprint density at radius 3 is 0.486 bits per heavy atom. The van der Waals surface area contributed by atoms with Crippen molar-refractivity contribution >= 4 is 20.2 Å². The van der Waals surface area contributed by atoms with E-state index in [0.717, 1.165) is 38.5 Å². The van der Waals surface area contributed by atoms with Crippen LogP contribution in [0.1, 0.15) is 161 Å². The minimum absolute atomic E-state index is 0. The molecule has 0 saturated heterocycles. The van der Waals surface area contributed by atoms with Crippen LogP contribution in [0, 0.1) is 0 Å². The summed E-state index contributed by atoms with van der Waals surface area (Å²) in [6.07, 6.45) is 29.7. The first-order valence-corrected chi connectivity index (χ1v) is 17.7. The Hall–Kier alpha value is 3.09. The van der Waals surface area contributed by atoms with Crippen LogP contribution in [-0.4, -0.2) is 37.4 Å². The van der Waals surface area contributed by atoms with Gasteiger partial charge in [0.2, 0.25) is 0 Å². The smallest absolute Gasteiger partial charge is 0.748 e. The largest absolute Gasteiger partial charge is 1.00 e. The molecule has 0 rings (SSSR count). The van der Waals surface area contributed by atoms with Crippen LogP contribution >= 0.6 is 0 Å². The van der Waals surface area contributed by atoms with Crippen LogP contribution in [0.5, 0.6) is 0 Å². The average molecular weight is 617 g/mol. The molecule has 0 spiro atoms. The second-order valence-electron chi connectivity index (χ2n) is 10.4. The van der Waals surface area contributed by atoms with Gasteiger partial charge in [-0.3, -0.25) is 0 Å². The van der Waals surface area contributed by atoms with Gasteiger partial charge in [0.25, 0.3) is 0 Å². The fourth-order valence-corrected chi connectivity index (χ4v) is 5.74. The second kappa shape index (κ2) is 32.0. The van der Waals surface area contributed by atoms with Crippen molar-refractivity contribution in [1.29, 1.82) is 0 Å². The van der Waals surface area contributed by atoms with Crippen LogP contribution in [0.3, 0.4) is 0 Å². The summed E-state index contributed by atoms with van der Waals surface area (Å²) in [4.78, 5) is 0. The maximum Gasteiger partial charge on any atom is 1.00 e. The first kappa shape index (κ1) is 44.5. The van der Waals surface area contributed by atoms with E-state index in [4.69, 9.17) is 0 Å². The van der Waals surface area contributed by atoms with Crippen LogP contribution in [-0.2, 0) is 20.2 Å². The van der Waals surface area contributed by atoms with Crippen molar-refractivity contribution in [1.82, 2.24) is 0 Å². The predicted octanol–water partition coefficient (Wildman–Crippen LogP) is 1.84. The van der Waals surface area contributed by atoms with Gasteiger partial charge in [0.1, 0.15) is 0 Å². The average Bonchev–Trinajstić information content (AvgIpc) is 2.77. The predicted molar refractivity (Wildman–Crippen MR) is 145 cm³/mol. The molecule has 0 aliphatic heterocycles. The summed E-state index contributed by atoms with van der Waals surface area (Å²) in [6, 6.07) is 0. The van der Waals surface area contributed by atoms with Crippen molar-refractivity contribution in [2.24, 2.45) is 0 Å². The summed E-state index contributed by atoms with van der Waals surface area (Å²) in [5.74, 6) is -0.413. The third-order valence-electron chi connectivity index (χ3n) is 6.79. The zero-order chi connectivity index (χ0) is 26.1. The molecule has 0 aromatic rings. The minimum atomic E-state index is -4.02. The van der Waals surface area contributed by atoms with E-state index in [1.165, 1.54) is 109 Å². The standard InChI is InChI=1S/C27H56O6S2.2K/c28-34(29,30)26-24-22-20-18-16-14-12-10-8-6-4-2-1-3-5-7-9-11-13-15-17-19-21-23-25-27-35(31,32)33;;/h1-27H2,(H,28,29,30)(H,31,32,33);;/q;2*+1/p-2. The van der Waals surface area contributed by atoms with Crippen molar-refractivity contribution in [2.45, 2.75) is 161 Å². The van der Waals surface area contributed by atoms with E-state index in [1.807, 2.05) is 0 Å². The molecule has 0 bridgehead atoms. The van der Waals surface area contributed by atoms with Crippen molar-refractivity contribution in [3.63, 3.8) is 0 Å². The second-order valence-corrected chi connectivity index (χ2v) is 13.4. The quantitative estimate of drug-likeness (QED) is 0.0753. The summed E-state index contributed by atoms with van der Waals surface area (Å²) in [6.45, 7) is 0. The zero-order valence-corrected chi connectivity index (χ0v) is 32.2. The molecule has 0 heterocycles. The molecule has 10 heteroatoms. The van der Waals surface area contributed by atoms with Gasteiger partial charge in [0.05, 0.1) is 20.2 Å². The maximum atomic E-state index is 10.5. The molecule has 0 unspecified atom stereocenters. The zero-order valence-electron chi connectivity index (χ0n) is 24.4. The molecule has 0 aromatic carbocycles. The number of unbranched alkanes of at least 4 members (excludes halogenated alkanes) is 24. The topological polar surface area (TPSA) is 114 Å². The summed E-state index contributed by atoms with van der Waals surface area (Å²) in [5, 5.41) is 0. The summed E-state index contributed by atoms with van der Waals surface area (Å²) in [5.41, 5.74) is 0. The van der Waals surface area contributed by atoms with Crippen molar-refractivity contribution in [2.75, 3.05) is 11.5 Å². The van der Waals surface area contributed by atoms with Crippen LogP contribution < -0.4 is 103 Å². The molecule has 0 radical (unpaired) electrons. The molecule has 212 valence electrons. The molecule has 0 aliphatic rings. The van der Waals surface area contributed by atoms with E-state index >= 15 is 0 Å². The minimum Gasteiger partial charge on any atom is -0.748 e. The van der Waals surface area contributed by atoms with Gasteiger partial charge in [-0.15, -0.1) is 0 Å². The summed E-state index contributed by atoms with van der Waals surface area (Å²) < 4.78 is 63.1. The fraction of sp³-hybridized carbons (Fsp3) is 1.00. The van der Waals surface area contributed by atoms with E-state index in [2.05, 4.69) is 0 Å². The van der Waals surface area contributed by atoms with E-state index < -0.39 is 20.2 Å². The maximum absolute atomic E-state index is 10.5. The molecule has 0 N–H and O–H groups in total. The van der Waals surface area contributed by atoms with E-state index in [-0.39, 0.29) is 114 Å². The van der Waals surface area contributed by atoms with Crippen molar-refractivity contribution in [3.05, 3.63) is 0 Å². The van der Waals surface area contributed by atoms with Gasteiger partial charge in [-0.05, 0) is 12.8 Å². The molecule has 0 aliphatic carbocycles. The van der Waals surface area contributed by atoms with E-state index in [1.54, 1.807) is 0 Å². The van der Waals surface area contributed by atoms with Gasteiger partial charge < -0.3 is 9.11 Å². The number of hydrogen-bond acceptors (Lipinski definition) is 6. The van der Waals surface area contributed by atoms with Crippen LogP contribution in [0.25, 0.3) is 0 Å². The number of rotatable bonds is 28. The van der Waals surface area contributed by atoms with Gasteiger partial charge in [0.15, 0.2) is 0 Å². The first-order valence-electron chi connectivity index (χ1n) is 14.6. The Labute approximate surface area is 315 Å². The first-order chi connectivity index (χ1) is 16.7. The molecule has 0 amide bonds. The molecule has 0 saturated carbocycles. The SMILES string of the molecule is O=S(=O)([O-])CCCCCCCCCCCCCCCCCCCCCCCCCCCS(=O)(=O)[O-].[K+].[K+]. The third kappa shape index (κ3) is 43.7. The molecular weight excluding hydrogens is 563 g/mol. The molecule has 6 nitrogen and oxygen atoms in total. The molecule has 37 heavy (non-hydrogen) atoms. The van der Waals surface area contributed by atoms with Gasteiger partial charge in [-0.25, -0.2) is 16.8 Å².